The average molecular weight is 477 g/mol. The minimum Gasteiger partial charge on any atom is -0.748 e. The quantitative estimate of drug-likeness (QED) is 0.122. The number of unbranched alkanes of at least 4 members (excludes halogenated alkanes) is 13. The number of amides is 1. The molecule has 1 amide bonds. The predicted octanol–water partition coefficient (Wildman–Crippen LogP) is 5.38. The molecule has 0 heterocycles. The summed E-state index contributed by atoms with van der Waals surface area (Å²) in [5.74, 6) is -0.170. The molecule has 0 aromatic rings. The van der Waals surface area contributed by atoms with Crippen LogP contribution in [0, 0.1) is 0 Å². The van der Waals surface area contributed by atoms with Gasteiger partial charge in [0.25, 0.3) is 0 Å². The Bertz CT molecular complexity index is 550. The van der Waals surface area contributed by atoms with Gasteiger partial charge in [0, 0.05) is 31.6 Å². The lowest BCUT2D eigenvalue weighted by atomic mass is 10.0. The van der Waals surface area contributed by atoms with Gasteiger partial charge in [-0.2, -0.15) is 0 Å². The minimum absolute atomic E-state index is 0.131. The van der Waals surface area contributed by atoms with Crippen molar-refractivity contribution in [2.24, 2.45) is 0 Å². The van der Waals surface area contributed by atoms with Gasteiger partial charge in [0.05, 0.1) is 37.3 Å². The maximum atomic E-state index is 12.0. The number of hydrogen-bond donors (Lipinski definition) is 1. The van der Waals surface area contributed by atoms with E-state index in [1.807, 2.05) is 14.1 Å². The second kappa shape index (κ2) is 19.8. The van der Waals surface area contributed by atoms with Crippen molar-refractivity contribution in [3.8, 4) is 0 Å². The number of carbonyl (C=O) groups is 1. The Kier molecular flexibility index (Phi) is 19.4. The summed E-state index contributed by atoms with van der Waals surface area (Å²) in [6.45, 7) is 4.41. The molecule has 0 aromatic heterocycles. The SMILES string of the molecule is CCCCCCCCCCCCCCCCC(=O)NCCC[N+](C)(C)CCCS(=O)(=O)[O-]. The summed E-state index contributed by atoms with van der Waals surface area (Å²) < 4.78 is 32.7. The van der Waals surface area contributed by atoms with Crippen molar-refractivity contribution in [2.45, 2.75) is 116 Å². The maximum absolute atomic E-state index is 12.0. The van der Waals surface area contributed by atoms with Crippen LogP contribution in [0.2, 0.25) is 0 Å². The molecule has 0 saturated heterocycles. The zero-order valence-corrected chi connectivity index (χ0v) is 22.2. The van der Waals surface area contributed by atoms with Gasteiger partial charge in [-0.3, -0.25) is 4.79 Å². The number of nitrogens with zero attached hydrogens (tertiary/aromatic N) is 1. The fourth-order valence-electron chi connectivity index (χ4n) is 4.08. The van der Waals surface area contributed by atoms with E-state index < -0.39 is 10.1 Å². The summed E-state index contributed by atoms with van der Waals surface area (Å²) in [6.07, 6.45) is 20.3. The molecule has 32 heavy (non-hydrogen) atoms. The summed E-state index contributed by atoms with van der Waals surface area (Å²) in [5, 5.41) is 2.99. The van der Waals surface area contributed by atoms with Gasteiger partial charge < -0.3 is 14.4 Å². The third-order valence-corrected chi connectivity index (χ3v) is 6.97. The number of rotatable bonds is 23. The van der Waals surface area contributed by atoms with E-state index in [1.165, 1.54) is 77.0 Å². The van der Waals surface area contributed by atoms with E-state index >= 15 is 0 Å². The van der Waals surface area contributed by atoms with Crippen LogP contribution in [0.3, 0.4) is 0 Å². The van der Waals surface area contributed by atoms with Crippen LogP contribution < -0.4 is 5.32 Å². The smallest absolute Gasteiger partial charge is 0.219 e. The molecule has 0 unspecified atom stereocenters. The molecule has 1 N–H and O–H groups in total. The Morgan fingerprint density at radius 1 is 0.719 bits per heavy atom. The molecule has 7 heteroatoms. The molecule has 0 spiro atoms. The largest absolute Gasteiger partial charge is 0.748 e. The first-order valence-corrected chi connectivity index (χ1v) is 14.8. The number of hydrogen-bond acceptors (Lipinski definition) is 4. The van der Waals surface area contributed by atoms with Crippen LogP contribution in [-0.2, 0) is 14.9 Å². The molecule has 0 bridgehead atoms. The molecule has 0 aromatic carbocycles. The fraction of sp³-hybridized carbons (Fsp3) is 0.960. The van der Waals surface area contributed by atoms with Crippen LogP contribution in [0.5, 0.6) is 0 Å². The zero-order valence-electron chi connectivity index (χ0n) is 21.3. The first-order chi connectivity index (χ1) is 15.2. The normalized spacial score (nSPS) is 12.2. The molecular formula is C25H52N2O4S. The van der Waals surface area contributed by atoms with Gasteiger partial charge in [-0.05, 0) is 6.42 Å². The summed E-state index contributed by atoms with van der Waals surface area (Å²) in [7, 11) is -0.0818. The van der Waals surface area contributed by atoms with E-state index in [1.54, 1.807) is 0 Å². The van der Waals surface area contributed by atoms with Crippen LogP contribution in [0.4, 0.5) is 0 Å². The molecule has 6 nitrogen and oxygen atoms in total. The monoisotopic (exact) mass is 476 g/mol. The van der Waals surface area contributed by atoms with Crippen LogP contribution in [0.1, 0.15) is 116 Å². The summed E-state index contributed by atoms with van der Waals surface area (Å²) in [5.41, 5.74) is 0. The highest BCUT2D eigenvalue weighted by molar-refractivity contribution is 7.85. The molecule has 0 rings (SSSR count). The van der Waals surface area contributed by atoms with E-state index in [0.29, 0.717) is 30.4 Å². The molecule has 0 aliphatic heterocycles. The standard InChI is InChI=1S/C25H52N2O4S/c1-4-5-6-7-8-9-10-11-12-13-14-15-16-17-20-25(28)26-21-18-22-27(2,3)23-19-24-32(29,30)31/h4-24H2,1-3H3,(H-,26,28,29,30,31). The Morgan fingerprint density at radius 3 is 1.62 bits per heavy atom. The third kappa shape index (κ3) is 24.0. The van der Waals surface area contributed by atoms with Crippen molar-refractivity contribution in [3.63, 3.8) is 0 Å². The van der Waals surface area contributed by atoms with Crippen molar-refractivity contribution in [2.75, 3.05) is 39.5 Å². The molecule has 0 atom stereocenters. The first kappa shape index (κ1) is 31.3. The van der Waals surface area contributed by atoms with Crippen molar-refractivity contribution >= 4 is 16.0 Å². The number of nitrogens with one attached hydrogen (secondary N) is 1. The molecule has 0 radical (unpaired) electrons. The van der Waals surface area contributed by atoms with Gasteiger partial charge in [-0.25, -0.2) is 8.42 Å². The third-order valence-electron chi connectivity index (χ3n) is 6.18. The second-order valence-corrected chi connectivity index (χ2v) is 11.6. The van der Waals surface area contributed by atoms with E-state index in [-0.39, 0.29) is 11.7 Å². The summed E-state index contributed by atoms with van der Waals surface area (Å²) in [6, 6.07) is 0. The van der Waals surface area contributed by atoms with E-state index in [2.05, 4.69) is 12.2 Å². The Balaban J connectivity index is 3.43. The first-order valence-electron chi connectivity index (χ1n) is 13.2. The maximum Gasteiger partial charge on any atom is 0.219 e. The topological polar surface area (TPSA) is 86.3 Å². The van der Waals surface area contributed by atoms with Gasteiger partial charge in [-0.1, -0.05) is 90.4 Å². The zero-order chi connectivity index (χ0) is 24.1. The Labute approximate surface area is 199 Å². The highest BCUT2D eigenvalue weighted by Crippen LogP contribution is 2.13. The minimum atomic E-state index is -4.13. The lowest BCUT2D eigenvalue weighted by molar-refractivity contribution is -0.890. The van der Waals surface area contributed by atoms with Crippen molar-refractivity contribution in [1.82, 2.24) is 5.32 Å². The Hall–Kier alpha value is -0.660. The van der Waals surface area contributed by atoms with Crippen molar-refractivity contribution < 1.29 is 22.2 Å². The molecule has 0 aliphatic rings. The van der Waals surface area contributed by atoms with E-state index in [0.717, 1.165) is 25.8 Å². The van der Waals surface area contributed by atoms with Gasteiger partial charge in [0.15, 0.2) is 0 Å². The van der Waals surface area contributed by atoms with E-state index in [9.17, 15) is 17.8 Å². The van der Waals surface area contributed by atoms with E-state index in [4.69, 9.17) is 0 Å². The number of carbonyl (C=O) groups excluding carboxylic acids is 1. The van der Waals surface area contributed by atoms with Crippen LogP contribution in [0.25, 0.3) is 0 Å². The fourth-order valence-corrected chi connectivity index (χ4v) is 4.57. The molecular weight excluding hydrogens is 424 g/mol. The lowest BCUT2D eigenvalue weighted by Gasteiger charge is -2.30. The molecule has 0 saturated carbocycles. The van der Waals surface area contributed by atoms with Gasteiger partial charge >= 0.3 is 0 Å². The average Bonchev–Trinajstić information content (AvgIpc) is 2.70. The molecule has 0 fully saturated rings. The highest BCUT2D eigenvalue weighted by Gasteiger charge is 2.15. The lowest BCUT2D eigenvalue weighted by Crippen LogP contribution is -2.43. The molecule has 192 valence electrons. The second-order valence-electron chi connectivity index (χ2n) is 10.0. The summed E-state index contributed by atoms with van der Waals surface area (Å²) >= 11 is 0. The van der Waals surface area contributed by atoms with Crippen molar-refractivity contribution in [3.05, 3.63) is 0 Å². The Morgan fingerprint density at radius 2 is 1.16 bits per heavy atom. The predicted molar refractivity (Wildman–Crippen MR) is 134 cm³/mol. The van der Waals surface area contributed by atoms with Gasteiger partial charge in [-0.15, -0.1) is 0 Å². The van der Waals surface area contributed by atoms with Crippen LogP contribution >= 0.6 is 0 Å². The summed E-state index contributed by atoms with van der Waals surface area (Å²) in [4.78, 5) is 12.0. The van der Waals surface area contributed by atoms with Gasteiger partial charge in [0.2, 0.25) is 5.91 Å². The number of quaternary nitrogens is 1. The van der Waals surface area contributed by atoms with Crippen LogP contribution in [-0.4, -0.2) is 62.8 Å². The van der Waals surface area contributed by atoms with Crippen LogP contribution in [0.15, 0.2) is 0 Å². The van der Waals surface area contributed by atoms with Gasteiger partial charge in [0.1, 0.15) is 0 Å². The van der Waals surface area contributed by atoms with Crippen molar-refractivity contribution in [1.29, 1.82) is 0 Å². The molecule has 0 aliphatic carbocycles. The highest BCUT2D eigenvalue weighted by atomic mass is 32.2.